The molecular weight excluding hydrogens is 292 g/mol. The second-order valence-electron chi connectivity index (χ2n) is 6.63. The van der Waals surface area contributed by atoms with Gasteiger partial charge in [0.15, 0.2) is 0 Å². The molecule has 0 aromatic heterocycles. The Kier molecular flexibility index (Phi) is 4.55. The van der Waals surface area contributed by atoms with Gasteiger partial charge in [0.25, 0.3) is 0 Å². The fourth-order valence-electron chi connectivity index (χ4n) is 3.45. The van der Waals surface area contributed by atoms with Crippen molar-refractivity contribution >= 4 is 12.0 Å². The minimum Gasteiger partial charge on any atom is -0.445 e. The number of hydrogen-bond acceptors (Lipinski definition) is 3. The molecule has 1 aromatic carbocycles. The summed E-state index contributed by atoms with van der Waals surface area (Å²) < 4.78 is 5.39. The summed E-state index contributed by atoms with van der Waals surface area (Å²) in [6.07, 6.45) is 2.26. The molecule has 2 aliphatic rings. The number of rotatable bonds is 3. The number of ether oxygens (including phenoxy) is 1. The number of carbonyl (C=O) groups excluding carboxylic acids is 2. The summed E-state index contributed by atoms with van der Waals surface area (Å²) in [5.74, 6) is 0.236. The van der Waals surface area contributed by atoms with Crippen LogP contribution in [0.15, 0.2) is 30.3 Å². The van der Waals surface area contributed by atoms with E-state index >= 15 is 0 Å². The van der Waals surface area contributed by atoms with E-state index in [-0.39, 0.29) is 17.4 Å². The van der Waals surface area contributed by atoms with Crippen LogP contribution in [0.5, 0.6) is 0 Å². The molecule has 1 aromatic rings. The SMILES string of the molecule is CCC(=O)N1CC2(CCN(C(=O)OCc3ccccc3)CC2)C1. The van der Waals surface area contributed by atoms with Gasteiger partial charge < -0.3 is 14.5 Å². The lowest BCUT2D eigenvalue weighted by molar-refractivity contribution is -0.146. The van der Waals surface area contributed by atoms with Crippen LogP contribution in [-0.2, 0) is 16.1 Å². The fraction of sp³-hybridized carbons (Fsp3) is 0.556. The Morgan fingerprint density at radius 3 is 2.35 bits per heavy atom. The van der Waals surface area contributed by atoms with Crippen molar-refractivity contribution in [2.75, 3.05) is 26.2 Å². The van der Waals surface area contributed by atoms with Gasteiger partial charge in [0.05, 0.1) is 0 Å². The summed E-state index contributed by atoms with van der Waals surface area (Å²) in [7, 11) is 0. The van der Waals surface area contributed by atoms with Crippen LogP contribution in [0.4, 0.5) is 4.79 Å². The van der Waals surface area contributed by atoms with Crippen molar-refractivity contribution in [2.45, 2.75) is 32.8 Å². The summed E-state index contributed by atoms with van der Waals surface area (Å²) in [6.45, 7) is 5.38. The first kappa shape index (κ1) is 15.8. The maximum Gasteiger partial charge on any atom is 0.410 e. The molecule has 5 heteroatoms. The summed E-state index contributed by atoms with van der Waals surface area (Å²) in [5.41, 5.74) is 1.24. The molecule has 0 aliphatic carbocycles. The van der Waals surface area contributed by atoms with Crippen LogP contribution in [0, 0.1) is 5.41 Å². The highest BCUT2D eigenvalue weighted by molar-refractivity contribution is 5.77. The molecule has 0 unspecified atom stereocenters. The van der Waals surface area contributed by atoms with E-state index in [0.717, 1.165) is 44.6 Å². The average molecular weight is 316 g/mol. The van der Waals surface area contributed by atoms with Crippen molar-refractivity contribution in [3.05, 3.63) is 35.9 Å². The van der Waals surface area contributed by atoms with E-state index in [1.165, 1.54) is 0 Å². The number of likely N-dealkylation sites (tertiary alicyclic amines) is 2. The van der Waals surface area contributed by atoms with Crippen molar-refractivity contribution in [3.63, 3.8) is 0 Å². The average Bonchev–Trinajstić information content (AvgIpc) is 2.58. The number of hydrogen-bond donors (Lipinski definition) is 0. The molecule has 23 heavy (non-hydrogen) atoms. The van der Waals surface area contributed by atoms with Crippen LogP contribution in [-0.4, -0.2) is 48.0 Å². The third-order valence-corrected chi connectivity index (χ3v) is 5.00. The lowest BCUT2D eigenvalue weighted by Crippen LogP contribution is -2.62. The van der Waals surface area contributed by atoms with E-state index < -0.39 is 0 Å². The van der Waals surface area contributed by atoms with Gasteiger partial charge >= 0.3 is 6.09 Å². The second-order valence-corrected chi connectivity index (χ2v) is 6.63. The number of piperidine rings is 1. The molecule has 2 heterocycles. The minimum absolute atomic E-state index is 0.232. The zero-order chi connectivity index (χ0) is 16.3. The molecule has 5 nitrogen and oxygen atoms in total. The second kappa shape index (κ2) is 6.60. The van der Waals surface area contributed by atoms with E-state index in [9.17, 15) is 9.59 Å². The van der Waals surface area contributed by atoms with Gasteiger partial charge in [0.2, 0.25) is 5.91 Å². The molecule has 2 aliphatic heterocycles. The van der Waals surface area contributed by atoms with Gasteiger partial charge in [-0.3, -0.25) is 4.79 Å². The monoisotopic (exact) mass is 316 g/mol. The number of carbonyl (C=O) groups is 2. The van der Waals surface area contributed by atoms with Gasteiger partial charge in [-0.2, -0.15) is 0 Å². The molecule has 0 radical (unpaired) electrons. The summed E-state index contributed by atoms with van der Waals surface area (Å²) in [6, 6.07) is 9.72. The molecule has 1 spiro atoms. The molecule has 0 N–H and O–H groups in total. The quantitative estimate of drug-likeness (QED) is 0.861. The Labute approximate surface area is 137 Å². The largest absolute Gasteiger partial charge is 0.445 e. The maximum atomic E-state index is 12.1. The normalized spacial score (nSPS) is 19.3. The van der Waals surface area contributed by atoms with Gasteiger partial charge in [0.1, 0.15) is 6.61 Å². The number of nitrogens with zero attached hydrogens (tertiary/aromatic N) is 2. The molecule has 0 bridgehead atoms. The zero-order valence-corrected chi connectivity index (χ0v) is 13.7. The van der Waals surface area contributed by atoms with Gasteiger partial charge in [-0.25, -0.2) is 4.79 Å². The lowest BCUT2D eigenvalue weighted by Gasteiger charge is -2.53. The van der Waals surface area contributed by atoms with Crippen LogP contribution in [0.3, 0.4) is 0 Å². The van der Waals surface area contributed by atoms with Crippen LogP contribution in [0.25, 0.3) is 0 Å². The number of amides is 2. The maximum absolute atomic E-state index is 12.1. The molecule has 2 fully saturated rings. The summed E-state index contributed by atoms with van der Waals surface area (Å²) >= 11 is 0. The van der Waals surface area contributed by atoms with Crippen molar-refractivity contribution < 1.29 is 14.3 Å². The van der Waals surface area contributed by atoms with Gasteiger partial charge in [-0.05, 0) is 18.4 Å². The van der Waals surface area contributed by atoms with E-state index in [0.29, 0.717) is 13.0 Å². The third-order valence-electron chi connectivity index (χ3n) is 5.00. The highest BCUT2D eigenvalue weighted by atomic mass is 16.6. The van der Waals surface area contributed by atoms with Crippen LogP contribution < -0.4 is 0 Å². The lowest BCUT2D eigenvalue weighted by atomic mass is 9.72. The smallest absolute Gasteiger partial charge is 0.410 e. The van der Waals surface area contributed by atoms with E-state index in [1.54, 1.807) is 4.90 Å². The van der Waals surface area contributed by atoms with Gasteiger partial charge in [-0.15, -0.1) is 0 Å². The Balaban J connectivity index is 1.42. The third kappa shape index (κ3) is 3.49. The standard InChI is InChI=1S/C18H24N2O3/c1-2-16(21)20-13-18(14-20)8-10-19(11-9-18)17(22)23-12-15-6-4-3-5-7-15/h3-7H,2,8-14H2,1H3. The van der Waals surface area contributed by atoms with Crippen molar-refractivity contribution in [1.82, 2.24) is 9.80 Å². The Bertz CT molecular complexity index is 557. The fourth-order valence-corrected chi connectivity index (χ4v) is 3.45. The van der Waals surface area contributed by atoms with Crippen molar-refractivity contribution in [3.8, 4) is 0 Å². The van der Waals surface area contributed by atoms with Crippen molar-refractivity contribution in [1.29, 1.82) is 0 Å². The highest BCUT2D eigenvalue weighted by Gasteiger charge is 2.46. The molecule has 2 amide bonds. The van der Waals surface area contributed by atoms with E-state index in [2.05, 4.69) is 0 Å². The van der Waals surface area contributed by atoms with E-state index in [1.807, 2.05) is 42.2 Å². The van der Waals surface area contributed by atoms with Gasteiger partial charge in [-0.1, -0.05) is 37.3 Å². The predicted octanol–water partition coefficient (Wildman–Crippen LogP) is 2.66. The molecule has 0 atom stereocenters. The van der Waals surface area contributed by atoms with Crippen LogP contribution in [0.1, 0.15) is 31.7 Å². The van der Waals surface area contributed by atoms with Crippen molar-refractivity contribution in [2.24, 2.45) is 5.41 Å². The van der Waals surface area contributed by atoms with Gasteiger partial charge in [0, 0.05) is 38.0 Å². The first-order chi connectivity index (χ1) is 11.1. The first-order valence-corrected chi connectivity index (χ1v) is 8.35. The highest BCUT2D eigenvalue weighted by Crippen LogP contribution is 2.40. The summed E-state index contributed by atoms with van der Waals surface area (Å²) in [5, 5.41) is 0. The Hall–Kier alpha value is -2.04. The first-order valence-electron chi connectivity index (χ1n) is 8.35. The van der Waals surface area contributed by atoms with Crippen LogP contribution in [0.2, 0.25) is 0 Å². The number of benzene rings is 1. The Morgan fingerprint density at radius 2 is 1.74 bits per heavy atom. The topological polar surface area (TPSA) is 49.9 Å². The summed E-state index contributed by atoms with van der Waals surface area (Å²) in [4.78, 5) is 27.5. The zero-order valence-electron chi connectivity index (χ0n) is 13.7. The molecule has 3 rings (SSSR count). The molecule has 2 saturated heterocycles. The van der Waals surface area contributed by atoms with E-state index in [4.69, 9.17) is 4.74 Å². The van der Waals surface area contributed by atoms with Crippen LogP contribution >= 0.6 is 0 Å². The predicted molar refractivity (Wildman–Crippen MR) is 86.7 cm³/mol. The minimum atomic E-state index is -0.232. The Morgan fingerprint density at radius 1 is 1.09 bits per heavy atom. The molecule has 0 saturated carbocycles. The molecule has 124 valence electrons. The molecular formula is C18H24N2O3.